The van der Waals surface area contributed by atoms with E-state index in [1.165, 1.54) is 7.11 Å². The number of nitrogens with one attached hydrogen (secondary N) is 1. The van der Waals surface area contributed by atoms with Crippen LogP contribution in [0.1, 0.15) is 30.9 Å². The van der Waals surface area contributed by atoms with Gasteiger partial charge in [0.1, 0.15) is 5.82 Å². The summed E-state index contributed by atoms with van der Waals surface area (Å²) in [5, 5.41) is 11.4. The first-order chi connectivity index (χ1) is 8.25. The molecule has 2 N–H and O–H groups in total. The predicted octanol–water partition coefficient (Wildman–Crippen LogP) is 2.56. The molecule has 0 radical (unpaired) electrons. The van der Waals surface area contributed by atoms with Crippen molar-refractivity contribution in [2.45, 2.75) is 32.4 Å². The van der Waals surface area contributed by atoms with Crippen LogP contribution >= 0.6 is 0 Å². The molecule has 1 heterocycles. The van der Waals surface area contributed by atoms with Crippen molar-refractivity contribution in [3.05, 3.63) is 23.4 Å². The summed E-state index contributed by atoms with van der Waals surface area (Å²) >= 11 is 0. The Kier molecular flexibility index (Phi) is 4.53. The van der Waals surface area contributed by atoms with E-state index in [1.54, 1.807) is 13.8 Å². The lowest BCUT2D eigenvalue weighted by atomic mass is 9.99. The summed E-state index contributed by atoms with van der Waals surface area (Å²) in [6.45, 7) is 3.31. The van der Waals surface area contributed by atoms with Crippen molar-refractivity contribution >= 4 is 5.82 Å². The number of anilines is 1. The van der Waals surface area contributed by atoms with E-state index in [1.807, 2.05) is 0 Å². The molecule has 0 amide bonds. The Balaban J connectivity index is 3.14. The predicted molar refractivity (Wildman–Crippen MR) is 60.0 cm³/mol. The number of rotatable bonds is 4. The van der Waals surface area contributed by atoms with Gasteiger partial charge in [0.05, 0.1) is 5.56 Å². The lowest BCUT2D eigenvalue weighted by Crippen LogP contribution is -2.22. The number of aliphatic hydroxyl groups excluding tert-OH is 1. The van der Waals surface area contributed by atoms with E-state index >= 15 is 0 Å². The SMILES string of the molecule is COC(O)Nc1cc(C(F)(F)F)c(C(C)C)cn1. The third-order valence-electron chi connectivity index (χ3n) is 2.36. The highest BCUT2D eigenvalue weighted by Crippen LogP contribution is 2.35. The summed E-state index contributed by atoms with van der Waals surface area (Å²) in [4.78, 5) is 3.81. The molecule has 1 aromatic rings. The van der Waals surface area contributed by atoms with Crippen LogP contribution in [0, 0.1) is 0 Å². The minimum Gasteiger partial charge on any atom is -0.351 e. The van der Waals surface area contributed by atoms with Crippen molar-refractivity contribution in [3.63, 3.8) is 0 Å². The van der Waals surface area contributed by atoms with Crippen LogP contribution < -0.4 is 5.32 Å². The summed E-state index contributed by atoms with van der Waals surface area (Å²) < 4.78 is 43.1. The summed E-state index contributed by atoms with van der Waals surface area (Å²) in [6, 6.07) is 0.859. The molecule has 0 aliphatic carbocycles. The average Bonchev–Trinajstić information content (AvgIpc) is 2.27. The van der Waals surface area contributed by atoms with Gasteiger partial charge < -0.3 is 15.2 Å². The number of halogens is 3. The second kappa shape index (κ2) is 5.53. The Hall–Kier alpha value is -1.34. The number of ether oxygens (including phenoxy) is 1. The van der Waals surface area contributed by atoms with Gasteiger partial charge in [-0.2, -0.15) is 13.2 Å². The topological polar surface area (TPSA) is 54.4 Å². The van der Waals surface area contributed by atoms with E-state index in [2.05, 4.69) is 15.0 Å². The van der Waals surface area contributed by atoms with Gasteiger partial charge in [-0.15, -0.1) is 0 Å². The molecule has 0 saturated carbocycles. The van der Waals surface area contributed by atoms with Crippen molar-refractivity contribution in [2.75, 3.05) is 12.4 Å². The van der Waals surface area contributed by atoms with Gasteiger partial charge in [-0.05, 0) is 17.5 Å². The van der Waals surface area contributed by atoms with Crippen molar-refractivity contribution in [2.24, 2.45) is 0 Å². The van der Waals surface area contributed by atoms with Crippen LogP contribution in [-0.2, 0) is 10.9 Å². The zero-order valence-electron chi connectivity index (χ0n) is 10.2. The molecule has 102 valence electrons. The molecule has 4 nitrogen and oxygen atoms in total. The van der Waals surface area contributed by atoms with Crippen LogP contribution in [0.2, 0.25) is 0 Å². The largest absolute Gasteiger partial charge is 0.416 e. The summed E-state index contributed by atoms with van der Waals surface area (Å²) in [5.41, 5.74) is -0.654. The normalized spacial score (nSPS) is 13.8. The molecule has 0 spiro atoms. The van der Waals surface area contributed by atoms with Gasteiger partial charge in [-0.3, -0.25) is 0 Å². The number of aliphatic hydroxyl groups is 1. The van der Waals surface area contributed by atoms with E-state index < -0.39 is 18.2 Å². The number of methoxy groups -OCH3 is 1. The summed E-state index contributed by atoms with van der Waals surface area (Å²) in [6.07, 6.45) is -4.71. The fourth-order valence-corrected chi connectivity index (χ4v) is 1.44. The van der Waals surface area contributed by atoms with E-state index in [4.69, 9.17) is 5.11 Å². The molecule has 0 fully saturated rings. The molecule has 1 atom stereocenters. The second-order valence-electron chi connectivity index (χ2n) is 4.04. The zero-order valence-corrected chi connectivity index (χ0v) is 10.2. The molecule has 1 unspecified atom stereocenters. The van der Waals surface area contributed by atoms with Gasteiger partial charge in [0.25, 0.3) is 0 Å². The number of hydrogen-bond acceptors (Lipinski definition) is 4. The minimum atomic E-state index is -4.46. The number of hydrogen-bond donors (Lipinski definition) is 2. The van der Waals surface area contributed by atoms with Gasteiger partial charge in [0.2, 0.25) is 6.41 Å². The van der Waals surface area contributed by atoms with Crippen LogP contribution in [-0.4, -0.2) is 23.6 Å². The van der Waals surface area contributed by atoms with E-state index in [0.29, 0.717) is 0 Å². The van der Waals surface area contributed by atoms with E-state index in [0.717, 1.165) is 12.3 Å². The maximum absolute atomic E-state index is 12.9. The monoisotopic (exact) mass is 264 g/mol. The number of alkyl halides is 3. The standard InChI is InChI=1S/C11H15F3N2O2/c1-6(2)7-5-15-9(16-10(17)18-3)4-8(7)11(12,13)14/h4-6,10,17H,1-3H3,(H,15,16). The van der Waals surface area contributed by atoms with Gasteiger partial charge >= 0.3 is 6.18 Å². The van der Waals surface area contributed by atoms with Crippen LogP contribution in [0.4, 0.5) is 19.0 Å². The molecular weight excluding hydrogens is 249 g/mol. The molecule has 0 bridgehead atoms. The first kappa shape index (κ1) is 14.7. The molecular formula is C11H15F3N2O2. The maximum atomic E-state index is 12.9. The highest BCUT2D eigenvalue weighted by molar-refractivity contribution is 5.43. The lowest BCUT2D eigenvalue weighted by Gasteiger charge is -2.17. The molecule has 1 rings (SSSR count). The molecule has 0 aromatic carbocycles. The van der Waals surface area contributed by atoms with Crippen molar-refractivity contribution in [3.8, 4) is 0 Å². The molecule has 18 heavy (non-hydrogen) atoms. The Morgan fingerprint density at radius 3 is 2.44 bits per heavy atom. The number of nitrogens with zero attached hydrogens (tertiary/aromatic N) is 1. The number of aromatic nitrogens is 1. The molecule has 0 aliphatic rings. The zero-order chi connectivity index (χ0) is 13.9. The van der Waals surface area contributed by atoms with Crippen LogP contribution in [0.3, 0.4) is 0 Å². The Bertz CT molecular complexity index is 408. The van der Waals surface area contributed by atoms with E-state index in [9.17, 15) is 13.2 Å². The van der Waals surface area contributed by atoms with Crippen molar-refractivity contribution in [1.82, 2.24) is 4.98 Å². The average molecular weight is 264 g/mol. The molecule has 7 heteroatoms. The maximum Gasteiger partial charge on any atom is 0.416 e. The smallest absolute Gasteiger partial charge is 0.351 e. The van der Waals surface area contributed by atoms with Crippen molar-refractivity contribution in [1.29, 1.82) is 0 Å². The van der Waals surface area contributed by atoms with Crippen LogP contribution in [0.25, 0.3) is 0 Å². The van der Waals surface area contributed by atoms with Gasteiger partial charge in [0, 0.05) is 13.3 Å². The van der Waals surface area contributed by atoms with Crippen LogP contribution in [0.5, 0.6) is 0 Å². The fraction of sp³-hybridized carbons (Fsp3) is 0.545. The first-order valence-electron chi connectivity index (χ1n) is 5.30. The fourth-order valence-electron chi connectivity index (χ4n) is 1.44. The first-order valence-corrected chi connectivity index (χ1v) is 5.30. The summed E-state index contributed by atoms with van der Waals surface area (Å²) in [5.74, 6) is -0.392. The summed E-state index contributed by atoms with van der Waals surface area (Å²) in [7, 11) is 1.21. The van der Waals surface area contributed by atoms with Crippen LogP contribution in [0.15, 0.2) is 12.3 Å². The van der Waals surface area contributed by atoms with Crippen molar-refractivity contribution < 1.29 is 23.0 Å². The van der Waals surface area contributed by atoms with Gasteiger partial charge in [-0.1, -0.05) is 13.8 Å². The minimum absolute atomic E-state index is 0.0962. The lowest BCUT2D eigenvalue weighted by molar-refractivity contribution is -0.138. The third-order valence-corrected chi connectivity index (χ3v) is 2.36. The van der Waals surface area contributed by atoms with Gasteiger partial charge in [0.15, 0.2) is 0 Å². The second-order valence-corrected chi connectivity index (χ2v) is 4.04. The Morgan fingerprint density at radius 2 is 2.00 bits per heavy atom. The number of pyridine rings is 1. The highest BCUT2D eigenvalue weighted by Gasteiger charge is 2.34. The Morgan fingerprint density at radius 1 is 1.39 bits per heavy atom. The third kappa shape index (κ3) is 3.58. The molecule has 0 saturated heterocycles. The van der Waals surface area contributed by atoms with E-state index in [-0.39, 0.29) is 17.3 Å². The quantitative estimate of drug-likeness (QED) is 0.821. The highest BCUT2D eigenvalue weighted by atomic mass is 19.4. The molecule has 1 aromatic heterocycles. The molecule has 0 aliphatic heterocycles. The Labute approximate surface area is 103 Å². The van der Waals surface area contributed by atoms with Gasteiger partial charge in [-0.25, -0.2) is 4.98 Å².